The Bertz CT molecular complexity index is 270. The summed E-state index contributed by atoms with van der Waals surface area (Å²) in [6.45, 7) is 0. The molecular formula is C7H10N2O3S. The van der Waals surface area contributed by atoms with Crippen LogP contribution in [-0.2, 0) is 9.59 Å². The third-order valence-electron chi connectivity index (χ3n) is 2.42. The van der Waals surface area contributed by atoms with Crippen molar-refractivity contribution in [1.82, 2.24) is 4.90 Å². The van der Waals surface area contributed by atoms with Gasteiger partial charge >= 0.3 is 5.97 Å². The van der Waals surface area contributed by atoms with E-state index in [2.05, 4.69) is 0 Å². The molecule has 0 spiro atoms. The molecule has 0 aromatic carbocycles. The Kier molecular flexibility index (Phi) is 1.96. The fraction of sp³-hybridized carbons (Fsp3) is 0.714. The molecule has 6 heteroatoms. The molecule has 0 aromatic rings. The number of amides is 1. The van der Waals surface area contributed by atoms with Crippen molar-refractivity contribution in [3.63, 3.8) is 0 Å². The number of hydrogen-bond acceptors (Lipinski definition) is 4. The molecule has 2 aliphatic rings. The molecule has 2 fully saturated rings. The second-order valence-corrected chi connectivity index (χ2v) is 4.40. The highest BCUT2D eigenvalue weighted by atomic mass is 32.2. The Morgan fingerprint density at radius 1 is 1.69 bits per heavy atom. The van der Waals surface area contributed by atoms with Gasteiger partial charge in [-0.3, -0.25) is 4.79 Å². The first kappa shape index (κ1) is 8.83. The van der Waals surface area contributed by atoms with Crippen molar-refractivity contribution in [2.75, 3.05) is 5.75 Å². The van der Waals surface area contributed by atoms with Gasteiger partial charge in [-0.05, 0) is 12.2 Å². The standard InChI is InChI=1S/C7H10N2O3S/c8-4-5(10)9-3(7(11)12)1-2-13-6(4)9/h3-4,6H,1-2,8H2,(H,11,12)/t3?,4?,6-/m0/s1. The van der Waals surface area contributed by atoms with E-state index >= 15 is 0 Å². The maximum atomic E-state index is 11.2. The number of carboxylic acid groups (broad SMARTS) is 1. The van der Waals surface area contributed by atoms with Gasteiger partial charge in [0.1, 0.15) is 17.5 Å². The lowest BCUT2D eigenvalue weighted by Gasteiger charge is -2.50. The number of thioether (sulfide) groups is 1. The Morgan fingerprint density at radius 2 is 2.38 bits per heavy atom. The number of carboxylic acids is 1. The van der Waals surface area contributed by atoms with Gasteiger partial charge in [0.05, 0.1) is 0 Å². The van der Waals surface area contributed by atoms with Crippen molar-refractivity contribution in [3.05, 3.63) is 0 Å². The van der Waals surface area contributed by atoms with Crippen LogP contribution in [0, 0.1) is 0 Å². The zero-order valence-corrected chi connectivity index (χ0v) is 7.66. The van der Waals surface area contributed by atoms with Crippen LogP contribution >= 0.6 is 11.8 Å². The fourth-order valence-electron chi connectivity index (χ4n) is 1.71. The fourth-order valence-corrected chi connectivity index (χ4v) is 3.04. The molecule has 2 aliphatic heterocycles. The van der Waals surface area contributed by atoms with Crippen LogP contribution in [0.1, 0.15) is 6.42 Å². The van der Waals surface area contributed by atoms with Crippen LogP contribution in [0.2, 0.25) is 0 Å². The third kappa shape index (κ3) is 1.13. The number of rotatable bonds is 1. The summed E-state index contributed by atoms with van der Waals surface area (Å²) < 4.78 is 0. The molecule has 0 radical (unpaired) electrons. The van der Waals surface area contributed by atoms with E-state index in [1.807, 2.05) is 0 Å². The van der Waals surface area contributed by atoms with Crippen LogP contribution in [0.5, 0.6) is 0 Å². The highest BCUT2D eigenvalue weighted by molar-refractivity contribution is 8.00. The monoisotopic (exact) mass is 202 g/mol. The number of fused-ring (bicyclic) bond motifs is 1. The first-order valence-electron chi connectivity index (χ1n) is 4.05. The molecule has 0 aromatic heterocycles. The predicted octanol–water partition coefficient (Wildman–Crippen LogP) is -0.928. The lowest BCUT2D eigenvalue weighted by molar-refractivity contribution is -0.160. The summed E-state index contributed by atoms with van der Waals surface area (Å²) >= 11 is 1.56. The third-order valence-corrected chi connectivity index (χ3v) is 3.76. The molecule has 5 nitrogen and oxygen atoms in total. The summed E-state index contributed by atoms with van der Waals surface area (Å²) in [5.74, 6) is -0.394. The van der Waals surface area contributed by atoms with Crippen molar-refractivity contribution in [1.29, 1.82) is 0 Å². The van der Waals surface area contributed by atoms with Gasteiger partial charge in [0, 0.05) is 0 Å². The molecule has 72 valence electrons. The van der Waals surface area contributed by atoms with Gasteiger partial charge in [-0.15, -0.1) is 11.8 Å². The Hall–Kier alpha value is -0.750. The van der Waals surface area contributed by atoms with Gasteiger partial charge in [0.15, 0.2) is 0 Å². The van der Waals surface area contributed by atoms with Gasteiger partial charge < -0.3 is 15.7 Å². The molecule has 0 saturated carbocycles. The summed E-state index contributed by atoms with van der Waals surface area (Å²) in [6, 6.07) is -1.15. The second kappa shape index (κ2) is 2.88. The van der Waals surface area contributed by atoms with Crippen LogP contribution in [0.4, 0.5) is 0 Å². The minimum Gasteiger partial charge on any atom is -0.480 e. The van der Waals surface area contributed by atoms with Crippen molar-refractivity contribution < 1.29 is 14.7 Å². The van der Waals surface area contributed by atoms with E-state index in [4.69, 9.17) is 10.8 Å². The molecule has 3 N–H and O–H groups in total. The van der Waals surface area contributed by atoms with Gasteiger partial charge in [0.2, 0.25) is 5.91 Å². The van der Waals surface area contributed by atoms with Crippen molar-refractivity contribution in [2.45, 2.75) is 23.9 Å². The number of carbonyl (C=O) groups excluding carboxylic acids is 1. The average molecular weight is 202 g/mol. The number of β-lactam (4-membered cyclic amide) rings is 1. The molecular weight excluding hydrogens is 192 g/mol. The predicted molar refractivity (Wildman–Crippen MR) is 47.1 cm³/mol. The van der Waals surface area contributed by atoms with E-state index in [1.165, 1.54) is 4.90 Å². The molecule has 2 rings (SSSR count). The number of nitrogens with zero attached hydrogens (tertiary/aromatic N) is 1. The summed E-state index contributed by atoms with van der Waals surface area (Å²) in [6.07, 6.45) is 0.523. The minimum atomic E-state index is -0.925. The normalized spacial score (nSPS) is 38.1. The lowest BCUT2D eigenvalue weighted by Crippen LogP contribution is -2.72. The van der Waals surface area contributed by atoms with Crippen LogP contribution in [-0.4, -0.2) is 45.1 Å². The zero-order chi connectivity index (χ0) is 9.59. The van der Waals surface area contributed by atoms with Crippen molar-refractivity contribution in [2.24, 2.45) is 5.73 Å². The average Bonchev–Trinajstić information content (AvgIpc) is 2.15. The summed E-state index contributed by atoms with van der Waals surface area (Å²) in [5.41, 5.74) is 5.53. The topological polar surface area (TPSA) is 83.6 Å². The molecule has 3 atom stereocenters. The van der Waals surface area contributed by atoms with Crippen LogP contribution in [0.15, 0.2) is 0 Å². The molecule has 13 heavy (non-hydrogen) atoms. The summed E-state index contributed by atoms with van der Waals surface area (Å²) in [7, 11) is 0. The first-order valence-corrected chi connectivity index (χ1v) is 5.10. The largest absolute Gasteiger partial charge is 0.480 e. The van der Waals surface area contributed by atoms with E-state index < -0.39 is 18.1 Å². The summed E-state index contributed by atoms with van der Waals surface area (Å²) in [5, 5.41) is 8.71. The van der Waals surface area contributed by atoms with Gasteiger partial charge in [-0.2, -0.15) is 0 Å². The first-order chi connectivity index (χ1) is 6.13. The van der Waals surface area contributed by atoms with E-state index in [9.17, 15) is 9.59 Å². The van der Waals surface area contributed by atoms with E-state index in [1.54, 1.807) is 11.8 Å². The SMILES string of the molecule is NC1C(=O)N2C(C(=O)O)CCS[C@@H]12. The quantitative estimate of drug-likeness (QED) is 0.537. The molecule has 2 heterocycles. The molecule has 0 aliphatic carbocycles. The zero-order valence-electron chi connectivity index (χ0n) is 6.84. The van der Waals surface area contributed by atoms with E-state index in [0.717, 1.165) is 5.75 Å². The van der Waals surface area contributed by atoms with Gasteiger partial charge in [-0.25, -0.2) is 4.79 Å². The van der Waals surface area contributed by atoms with Gasteiger partial charge in [0.25, 0.3) is 0 Å². The molecule has 1 amide bonds. The number of aliphatic carboxylic acids is 1. The van der Waals surface area contributed by atoms with Crippen molar-refractivity contribution >= 4 is 23.6 Å². The second-order valence-electron chi connectivity index (χ2n) is 3.18. The maximum absolute atomic E-state index is 11.2. The highest BCUT2D eigenvalue weighted by Gasteiger charge is 2.52. The Balaban J connectivity index is 2.16. The highest BCUT2D eigenvalue weighted by Crippen LogP contribution is 2.36. The molecule has 2 saturated heterocycles. The Morgan fingerprint density at radius 3 is 3.00 bits per heavy atom. The van der Waals surface area contributed by atoms with Crippen molar-refractivity contribution in [3.8, 4) is 0 Å². The summed E-state index contributed by atoms with van der Waals surface area (Å²) in [4.78, 5) is 23.4. The number of hydrogen-bond donors (Lipinski definition) is 2. The van der Waals surface area contributed by atoms with Crippen LogP contribution < -0.4 is 5.73 Å². The lowest BCUT2D eigenvalue weighted by atomic mass is 10.0. The van der Waals surface area contributed by atoms with Crippen LogP contribution in [0.3, 0.4) is 0 Å². The van der Waals surface area contributed by atoms with Crippen LogP contribution in [0.25, 0.3) is 0 Å². The molecule has 2 unspecified atom stereocenters. The molecule has 0 bridgehead atoms. The maximum Gasteiger partial charge on any atom is 0.326 e. The van der Waals surface area contributed by atoms with E-state index in [0.29, 0.717) is 6.42 Å². The Labute approximate surface area is 79.3 Å². The minimum absolute atomic E-state index is 0.109. The van der Waals surface area contributed by atoms with Gasteiger partial charge in [-0.1, -0.05) is 0 Å². The number of carbonyl (C=O) groups is 2. The number of nitrogens with two attached hydrogens (primary N) is 1. The smallest absolute Gasteiger partial charge is 0.326 e. The van der Waals surface area contributed by atoms with E-state index in [-0.39, 0.29) is 11.3 Å².